The Hall–Kier alpha value is -2.37. The van der Waals surface area contributed by atoms with Crippen LogP contribution >= 0.6 is 23.4 Å². The van der Waals surface area contributed by atoms with Gasteiger partial charge in [0.25, 0.3) is 0 Å². The molecule has 27 heavy (non-hydrogen) atoms. The molecular formula is C21H20ClN3OS. The Morgan fingerprint density at radius 1 is 1.22 bits per heavy atom. The van der Waals surface area contributed by atoms with Gasteiger partial charge >= 0.3 is 0 Å². The molecule has 1 fully saturated rings. The fourth-order valence-electron chi connectivity index (χ4n) is 2.75. The first kappa shape index (κ1) is 19.4. The highest BCUT2D eigenvalue weighted by molar-refractivity contribution is 8.15. The van der Waals surface area contributed by atoms with Crippen molar-refractivity contribution in [1.82, 2.24) is 4.90 Å². The molecule has 4 nitrogen and oxygen atoms in total. The molecule has 1 saturated heterocycles. The molecule has 0 spiro atoms. The van der Waals surface area contributed by atoms with E-state index in [0.29, 0.717) is 23.2 Å². The second-order valence-electron chi connectivity index (χ2n) is 6.15. The van der Waals surface area contributed by atoms with Crippen LogP contribution in [0.3, 0.4) is 0 Å². The van der Waals surface area contributed by atoms with Gasteiger partial charge in [0.05, 0.1) is 11.5 Å². The number of hydrogen-bond acceptors (Lipinski definition) is 4. The van der Waals surface area contributed by atoms with Gasteiger partial charge in [-0.3, -0.25) is 9.69 Å². The van der Waals surface area contributed by atoms with Crippen molar-refractivity contribution >= 4 is 40.7 Å². The van der Waals surface area contributed by atoms with Gasteiger partial charge in [0.2, 0.25) is 5.91 Å². The normalized spacial score (nSPS) is 18.6. The Morgan fingerprint density at radius 3 is 2.67 bits per heavy atom. The molecule has 1 aliphatic heterocycles. The maximum Gasteiger partial charge on any atom is 0.242 e. The smallest absolute Gasteiger partial charge is 0.242 e. The van der Waals surface area contributed by atoms with Crippen LogP contribution in [0.25, 0.3) is 0 Å². The van der Waals surface area contributed by atoms with Crippen molar-refractivity contribution in [3.8, 4) is 0 Å². The van der Waals surface area contributed by atoms with Gasteiger partial charge in [0.1, 0.15) is 0 Å². The lowest BCUT2D eigenvalue weighted by Gasteiger charge is -2.13. The predicted octanol–water partition coefficient (Wildman–Crippen LogP) is 4.71. The standard InChI is InChI=1S/C21H20ClN3OS/c1-3-12-25-20(26)19(13-17-7-5-4-6-15(17)2)27-21(25)24-23-14-16-8-10-18(22)11-9-16/h3-11,14,19H,1,12-13H2,2H3/b23-14-,24-21-/t19-/m0/s1. The molecule has 0 saturated carbocycles. The number of nitrogens with zero attached hydrogens (tertiary/aromatic N) is 3. The van der Waals surface area contributed by atoms with Crippen LogP contribution in [0.5, 0.6) is 0 Å². The van der Waals surface area contributed by atoms with E-state index in [1.54, 1.807) is 29.3 Å². The molecule has 6 heteroatoms. The molecule has 0 radical (unpaired) electrons. The summed E-state index contributed by atoms with van der Waals surface area (Å²) >= 11 is 7.34. The fraction of sp³-hybridized carbons (Fsp3) is 0.190. The first-order valence-electron chi connectivity index (χ1n) is 8.58. The quantitative estimate of drug-likeness (QED) is 0.402. The molecule has 0 unspecified atom stereocenters. The number of hydrogen-bond donors (Lipinski definition) is 0. The molecule has 0 aromatic heterocycles. The molecule has 1 heterocycles. The van der Waals surface area contributed by atoms with Crippen LogP contribution in [-0.2, 0) is 11.2 Å². The van der Waals surface area contributed by atoms with E-state index in [4.69, 9.17) is 11.6 Å². The molecule has 1 atom stereocenters. The SMILES string of the molecule is C=CCN1C(=O)[C@H](Cc2ccccc2C)S/C1=N\N=C/c1ccc(Cl)cc1. The van der Waals surface area contributed by atoms with Crippen molar-refractivity contribution in [3.05, 3.63) is 82.9 Å². The minimum Gasteiger partial charge on any atom is -0.285 e. The monoisotopic (exact) mass is 397 g/mol. The molecule has 2 aromatic carbocycles. The third-order valence-corrected chi connectivity index (χ3v) is 5.64. The van der Waals surface area contributed by atoms with Gasteiger partial charge in [-0.25, -0.2) is 0 Å². The second kappa shape index (κ2) is 9.02. The largest absolute Gasteiger partial charge is 0.285 e. The zero-order chi connectivity index (χ0) is 19.2. The van der Waals surface area contributed by atoms with Gasteiger partial charge < -0.3 is 0 Å². The summed E-state index contributed by atoms with van der Waals surface area (Å²) in [6.07, 6.45) is 4.02. The lowest BCUT2D eigenvalue weighted by Crippen LogP contribution is -2.32. The highest BCUT2D eigenvalue weighted by Gasteiger charge is 2.37. The number of amidine groups is 1. The molecule has 0 N–H and O–H groups in total. The number of aryl methyl sites for hydroxylation is 1. The number of rotatable bonds is 6. The molecule has 2 aromatic rings. The average Bonchev–Trinajstić information content (AvgIpc) is 2.95. The van der Waals surface area contributed by atoms with Crippen LogP contribution in [0, 0.1) is 6.92 Å². The van der Waals surface area contributed by atoms with Crippen LogP contribution < -0.4 is 0 Å². The Morgan fingerprint density at radius 2 is 1.96 bits per heavy atom. The van der Waals surface area contributed by atoms with Crippen LogP contribution in [0.15, 0.2) is 71.4 Å². The zero-order valence-electron chi connectivity index (χ0n) is 15.0. The van der Waals surface area contributed by atoms with Gasteiger partial charge in [-0.2, -0.15) is 5.10 Å². The van der Waals surface area contributed by atoms with Gasteiger partial charge in [-0.05, 0) is 42.2 Å². The van der Waals surface area contributed by atoms with E-state index in [0.717, 1.165) is 5.56 Å². The first-order chi connectivity index (χ1) is 13.1. The third kappa shape index (κ3) is 4.87. The number of halogens is 1. The molecule has 0 aliphatic carbocycles. The van der Waals surface area contributed by atoms with Crippen LogP contribution in [0.4, 0.5) is 0 Å². The summed E-state index contributed by atoms with van der Waals surface area (Å²) in [7, 11) is 0. The molecular weight excluding hydrogens is 378 g/mol. The van der Waals surface area contributed by atoms with E-state index in [2.05, 4.69) is 35.8 Å². The fourth-order valence-corrected chi connectivity index (χ4v) is 4.00. The van der Waals surface area contributed by atoms with Crippen molar-refractivity contribution in [1.29, 1.82) is 0 Å². The van der Waals surface area contributed by atoms with Crippen molar-refractivity contribution in [2.24, 2.45) is 10.2 Å². The van der Waals surface area contributed by atoms with Gasteiger partial charge in [-0.1, -0.05) is 65.8 Å². The second-order valence-corrected chi connectivity index (χ2v) is 7.76. The van der Waals surface area contributed by atoms with Crippen LogP contribution in [-0.4, -0.2) is 34.0 Å². The first-order valence-corrected chi connectivity index (χ1v) is 9.84. The number of carbonyl (C=O) groups excluding carboxylic acids is 1. The maximum absolute atomic E-state index is 12.8. The van der Waals surface area contributed by atoms with Crippen molar-refractivity contribution in [2.45, 2.75) is 18.6 Å². The minimum atomic E-state index is -0.199. The summed E-state index contributed by atoms with van der Waals surface area (Å²) in [5.41, 5.74) is 3.25. The van der Waals surface area contributed by atoms with Crippen molar-refractivity contribution in [2.75, 3.05) is 6.54 Å². The number of thioether (sulfide) groups is 1. The Balaban J connectivity index is 1.77. The van der Waals surface area contributed by atoms with E-state index in [1.165, 1.54) is 22.9 Å². The Bertz CT molecular complexity index is 893. The van der Waals surface area contributed by atoms with Crippen molar-refractivity contribution < 1.29 is 4.79 Å². The van der Waals surface area contributed by atoms with E-state index < -0.39 is 0 Å². The van der Waals surface area contributed by atoms with Crippen LogP contribution in [0.2, 0.25) is 5.02 Å². The van der Waals surface area contributed by atoms with E-state index in [-0.39, 0.29) is 11.2 Å². The molecule has 1 aliphatic rings. The lowest BCUT2D eigenvalue weighted by molar-refractivity contribution is -0.125. The van der Waals surface area contributed by atoms with Crippen molar-refractivity contribution in [3.63, 3.8) is 0 Å². The number of benzene rings is 2. The molecule has 0 bridgehead atoms. The van der Waals surface area contributed by atoms with Gasteiger partial charge in [0, 0.05) is 11.6 Å². The van der Waals surface area contributed by atoms with E-state index in [9.17, 15) is 4.79 Å². The lowest BCUT2D eigenvalue weighted by atomic mass is 10.0. The van der Waals surface area contributed by atoms with E-state index >= 15 is 0 Å². The Labute approximate surface area is 168 Å². The highest BCUT2D eigenvalue weighted by Crippen LogP contribution is 2.30. The van der Waals surface area contributed by atoms with Gasteiger partial charge in [0.15, 0.2) is 5.17 Å². The number of carbonyl (C=O) groups is 1. The summed E-state index contributed by atoms with van der Waals surface area (Å²) in [5.74, 6) is 0.0450. The summed E-state index contributed by atoms with van der Waals surface area (Å²) in [4.78, 5) is 14.4. The Kier molecular flexibility index (Phi) is 6.48. The van der Waals surface area contributed by atoms with Gasteiger partial charge in [-0.15, -0.1) is 11.7 Å². The number of amides is 1. The van der Waals surface area contributed by atoms with Crippen LogP contribution in [0.1, 0.15) is 16.7 Å². The summed E-state index contributed by atoms with van der Waals surface area (Å²) in [5, 5.41) is 9.50. The third-order valence-electron chi connectivity index (χ3n) is 4.22. The maximum atomic E-state index is 12.8. The van der Waals surface area contributed by atoms with E-state index in [1.807, 2.05) is 24.3 Å². The topological polar surface area (TPSA) is 45.0 Å². The summed E-state index contributed by atoms with van der Waals surface area (Å²) < 4.78 is 0. The predicted molar refractivity (Wildman–Crippen MR) is 115 cm³/mol. The summed E-state index contributed by atoms with van der Waals surface area (Å²) in [6, 6.07) is 15.5. The average molecular weight is 398 g/mol. The molecule has 1 amide bonds. The molecule has 3 rings (SSSR count). The summed E-state index contributed by atoms with van der Waals surface area (Å²) in [6.45, 7) is 6.23. The highest BCUT2D eigenvalue weighted by atomic mass is 35.5. The minimum absolute atomic E-state index is 0.0450. The zero-order valence-corrected chi connectivity index (χ0v) is 16.6. The molecule has 138 valence electrons.